The first-order valence-electron chi connectivity index (χ1n) is 4.38. The van der Waals surface area contributed by atoms with E-state index in [4.69, 9.17) is 0 Å². The van der Waals surface area contributed by atoms with Crippen molar-refractivity contribution in [1.29, 1.82) is 0 Å². The lowest BCUT2D eigenvalue weighted by Gasteiger charge is -2.29. The van der Waals surface area contributed by atoms with Crippen molar-refractivity contribution in [3.05, 3.63) is 0 Å². The fraction of sp³-hybridized carbons (Fsp3) is 1.00. The van der Waals surface area contributed by atoms with Crippen molar-refractivity contribution >= 4 is 12.8 Å². The summed E-state index contributed by atoms with van der Waals surface area (Å²) in [6.07, 6.45) is 2.48. The van der Waals surface area contributed by atoms with Gasteiger partial charge in [0.1, 0.15) is 0 Å². The minimum atomic E-state index is 0.617. The molecule has 11 heavy (non-hydrogen) atoms. The summed E-state index contributed by atoms with van der Waals surface area (Å²) in [5, 5.41) is 3.54. The zero-order valence-electron chi connectivity index (χ0n) is 7.38. The van der Waals surface area contributed by atoms with Crippen LogP contribution in [0.5, 0.6) is 0 Å². The molecule has 0 amide bonds. The normalized spacial score (nSPS) is 22.9. The molecule has 1 saturated heterocycles. The quantitative estimate of drug-likeness (QED) is 0.613. The minimum Gasteiger partial charge on any atom is -0.312 e. The molecule has 0 atom stereocenters. The highest BCUT2D eigenvalue weighted by Crippen LogP contribution is 2.11. The van der Waals surface area contributed by atoms with E-state index < -0.39 is 0 Å². The molecular weight excluding hydrogens is 156 g/mol. The number of thiol groups is 1. The second kappa shape index (κ2) is 4.33. The van der Waals surface area contributed by atoms with Crippen molar-refractivity contribution in [2.75, 3.05) is 13.1 Å². The fourth-order valence-electron chi connectivity index (χ4n) is 1.50. The smallest absolute Gasteiger partial charge is 0.0102 e. The zero-order valence-corrected chi connectivity index (χ0v) is 8.27. The van der Waals surface area contributed by atoms with E-state index in [-0.39, 0.29) is 0 Å². The van der Waals surface area contributed by atoms with E-state index >= 15 is 0 Å². The third-order valence-corrected chi connectivity index (χ3v) is 2.44. The second-order valence-electron chi connectivity index (χ2n) is 3.55. The van der Waals surface area contributed by atoms with Crippen molar-refractivity contribution in [2.24, 2.45) is 0 Å². The summed E-state index contributed by atoms with van der Waals surface area (Å²) in [5.74, 6) is 0. The van der Waals surface area contributed by atoms with Crippen LogP contribution in [0.4, 0.5) is 0 Å². The molecule has 0 radical (unpaired) electrons. The summed E-state index contributed by atoms with van der Waals surface area (Å²) in [6, 6.07) is 1.34. The van der Waals surface area contributed by atoms with Crippen molar-refractivity contribution in [3.63, 3.8) is 0 Å². The Morgan fingerprint density at radius 2 is 1.91 bits per heavy atom. The lowest BCUT2D eigenvalue weighted by Crippen LogP contribution is -2.42. The number of rotatable bonds is 2. The van der Waals surface area contributed by atoms with Crippen LogP contribution in [-0.4, -0.2) is 29.5 Å². The number of nitrogens with zero attached hydrogens (tertiary/aromatic N) is 1. The molecule has 1 heterocycles. The molecule has 0 aliphatic carbocycles. The van der Waals surface area contributed by atoms with Crippen LogP contribution in [0.15, 0.2) is 0 Å². The van der Waals surface area contributed by atoms with Crippen LogP contribution in [0, 0.1) is 0 Å². The first-order valence-corrected chi connectivity index (χ1v) is 4.78. The Morgan fingerprint density at radius 3 is 2.36 bits per heavy atom. The first kappa shape index (κ1) is 9.36. The van der Waals surface area contributed by atoms with Gasteiger partial charge in [-0.2, -0.15) is 0 Å². The Hall–Kier alpha value is 0.270. The van der Waals surface area contributed by atoms with Gasteiger partial charge in [0, 0.05) is 25.2 Å². The monoisotopic (exact) mass is 174 g/mol. The van der Waals surface area contributed by atoms with Gasteiger partial charge >= 0.3 is 0 Å². The fourth-order valence-corrected chi connectivity index (χ4v) is 1.73. The minimum absolute atomic E-state index is 0.617. The number of hydrogen-bond acceptors (Lipinski definition) is 3. The zero-order chi connectivity index (χ0) is 8.27. The lowest BCUT2D eigenvalue weighted by molar-refractivity contribution is 0.298. The second-order valence-corrected chi connectivity index (χ2v) is 4.11. The molecule has 1 aliphatic rings. The Labute approximate surface area is 74.9 Å². The third-order valence-electron chi connectivity index (χ3n) is 2.04. The number of nitrogens with one attached hydrogen (secondary N) is 1. The highest BCUT2D eigenvalue weighted by Gasteiger charge is 2.16. The van der Waals surface area contributed by atoms with Gasteiger partial charge in [0.2, 0.25) is 0 Å². The third kappa shape index (κ3) is 3.45. The number of piperidine rings is 1. The topological polar surface area (TPSA) is 15.3 Å². The standard InChI is InChI=1S/C8H18N2S/c1-7(2)9-8-3-5-10(11)6-4-8/h7-9,11H,3-6H2,1-2H3. The largest absolute Gasteiger partial charge is 0.312 e. The molecule has 0 aromatic heterocycles. The molecular formula is C8H18N2S. The molecule has 1 fully saturated rings. The van der Waals surface area contributed by atoms with Gasteiger partial charge in [-0.25, -0.2) is 0 Å². The Balaban J connectivity index is 2.17. The van der Waals surface area contributed by atoms with E-state index in [0.717, 1.165) is 19.1 Å². The van der Waals surface area contributed by atoms with Gasteiger partial charge in [-0.05, 0) is 12.8 Å². The van der Waals surface area contributed by atoms with Crippen molar-refractivity contribution in [1.82, 2.24) is 9.62 Å². The van der Waals surface area contributed by atoms with E-state index in [0.29, 0.717) is 6.04 Å². The van der Waals surface area contributed by atoms with E-state index in [1.807, 2.05) is 0 Å². The highest BCUT2D eigenvalue weighted by molar-refractivity contribution is 7.77. The van der Waals surface area contributed by atoms with Crippen molar-refractivity contribution in [2.45, 2.75) is 38.8 Å². The lowest BCUT2D eigenvalue weighted by atomic mass is 10.1. The summed E-state index contributed by atoms with van der Waals surface area (Å²) >= 11 is 4.30. The van der Waals surface area contributed by atoms with Gasteiger partial charge in [-0.15, -0.1) is 0 Å². The molecule has 3 heteroatoms. The summed E-state index contributed by atoms with van der Waals surface area (Å²) < 4.78 is 2.10. The maximum atomic E-state index is 4.30. The van der Waals surface area contributed by atoms with E-state index in [1.165, 1.54) is 12.8 Å². The molecule has 1 rings (SSSR count). The average Bonchev–Trinajstić information content (AvgIpc) is 1.93. The molecule has 0 aromatic rings. The van der Waals surface area contributed by atoms with Gasteiger partial charge < -0.3 is 5.32 Å². The number of hydrogen-bond donors (Lipinski definition) is 2. The van der Waals surface area contributed by atoms with E-state index in [2.05, 4.69) is 36.3 Å². The van der Waals surface area contributed by atoms with Crippen LogP contribution in [0.2, 0.25) is 0 Å². The Morgan fingerprint density at radius 1 is 1.36 bits per heavy atom. The molecule has 66 valence electrons. The maximum Gasteiger partial charge on any atom is 0.0102 e. The van der Waals surface area contributed by atoms with Gasteiger partial charge in [-0.3, -0.25) is 4.31 Å². The van der Waals surface area contributed by atoms with Crippen molar-refractivity contribution < 1.29 is 0 Å². The molecule has 0 spiro atoms. The molecule has 0 saturated carbocycles. The molecule has 0 bridgehead atoms. The summed E-state index contributed by atoms with van der Waals surface area (Å²) in [6.45, 7) is 6.64. The highest BCUT2D eigenvalue weighted by atomic mass is 32.1. The molecule has 1 aliphatic heterocycles. The van der Waals surface area contributed by atoms with Crippen LogP contribution < -0.4 is 5.32 Å². The SMILES string of the molecule is CC(C)NC1CCN(S)CC1. The van der Waals surface area contributed by atoms with Crippen LogP contribution in [0.25, 0.3) is 0 Å². The molecule has 1 N–H and O–H groups in total. The van der Waals surface area contributed by atoms with E-state index in [9.17, 15) is 0 Å². The predicted octanol–water partition coefficient (Wildman–Crippen LogP) is 1.29. The van der Waals surface area contributed by atoms with Crippen LogP contribution in [0.1, 0.15) is 26.7 Å². The maximum absolute atomic E-state index is 4.30. The van der Waals surface area contributed by atoms with Crippen molar-refractivity contribution in [3.8, 4) is 0 Å². The first-order chi connectivity index (χ1) is 5.18. The van der Waals surface area contributed by atoms with E-state index in [1.54, 1.807) is 0 Å². The Bertz CT molecular complexity index is 109. The van der Waals surface area contributed by atoms with Crippen LogP contribution in [0.3, 0.4) is 0 Å². The molecule has 0 unspecified atom stereocenters. The van der Waals surface area contributed by atoms with Gasteiger partial charge in [0.25, 0.3) is 0 Å². The molecule has 2 nitrogen and oxygen atoms in total. The van der Waals surface area contributed by atoms with Gasteiger partial charge in [0.15, 0.2) is 0 Å². The average molecular weight is 174 g/mol. The summed E-state index contributed by atoms with van der Waals surface area (Å²) in [4.78, 5) is 0. The van der Waals surface area contributed by atoms with Crippen LogP contribution in [-0.2, 0) is 0 Å². The van der Waals surface area contributed by atoms with Gasteiger partial charge in [-0.1, -0.05) is 26.7 Å². The van der Waals surface area contributed by atoms with Crippen LogP contribution >= 0.6 is 12.8 Å². The summed E-state index contributed by atoms with van der Waals surface area (Å²) in [7, 11) is 0. The summed E-state index contributed by atoms with van der Waals surface area (Å²) in [5.41, 5.74) is 0. The molecule has 0 aromatic carbocycles. The van der Waals surface area contributed by atoms with Gasteiger partial charge in [0.05, 0.1) is 0 Å². The predicted molar refractivity (Wildman–Crippen MR) is 51.9 cm³/mol. The Kier molecular flexibility index (Phi) is 3.69.